The van der Waals surface area contributed by atoms with Crippen LogP contribution in [0, 0.1) is 0 Å². The summed E-state index contributed by atoms with van der Waals surface area (Å²) in [6.07, 6.45) is 0. The molecule has 0 unspecified atom stereocenters. The molecule has 0 fully saturated rings. The smallest absolute Gasteiger partial charge is 0.224 e. The highest BCUT2D eigenvalue weighted by molar-refractivity contribution is 9.10. The third kappa shape index (κ3) is 1.68. The number of carbonyl (C=O) groups excluding carboxylic acids is 2. The molecule has 78 valence electrons. The lowest BCUT2D eigenvalue weighted by atomic mass is 10.1. The number of halogens is 2. The highest BCUT2D eigenvalue weighted by atomic mass is 79.9. The van der Waals surface area contributed by atoms with Crippen LogP contribution < -0.4 is 4.90 Å². The van der Waals surface area contributed by atoms with Gasteiger partial charge in [-0.25, -0.2) is 0 Å². The zero-order valence-electron chi connectivity index (χ0n) is 7.88. The van der Waals surface area contributed by atoms with Crippen LogP contribution in [0.4, 0.5) is 5.69 Å². The average molecular weight is 289 g/mol. The number of ketones is 1. The molecular formula is C10H7BrClNO2. The van der Waals surface area contributed by atoms with Crippen LogP contribution in [0.2, 0.25) is 5.02 Å². The normalized spacial score (nSPS) is 14.3. The van der Waals surface area contributed by atoms with Gasteiger partial charge in [0.2, 0.25) is 5.91 Å². The average Bonchev–Trinajstić information content (AvgIpc) is 2.45. The first-order chi connectivity index (χ1) is 7.00. The maximum Gasteiger partial charge on any atom is 0.224 e. The predicted molar refractivity (Wildman–Crippen MR) is 61.5 cm³/mol. The van der Waals surface area contributed by atoms with E-state index in [0.717, 1.165) is 0 Å². The largest absolute Gasteiger partial charge is 0.304 e. The number of carbonyl (C=O) groups is 2. The Hall–Kier alpha value is -0.870. The number of hydrogen-bond acceptors (Lipinski definition) is 2. The Bertz CT molecular complexity index is 473. The Balaban J connectivity index is 2.61. The molecule has 1 amide bonds. The van der Waals surface area contributed by atoms with Crippen LogP contribution in [0.5, 0.6) is 0 Å². The summed E-state index contributed by atoms with van der Waals surface area (Å²) in [6.45, 7) is 1.54. The first kappa shape index (κ1) is 10.6. The van der Waals surface area contributed by atoms with Gasteiger partial charge in [-0.3, -0.25) is 9.59 Å². The second-order valence-corrected chi connectivity index (χ2v) is 4.57. The van der Waals surface area contributed by atoms with Gasteiger partial charge in [-0.2, -0.15) is 0 Å². The monoisotopic (exact) mass is 287 g/mol. The lowest BCUT2D eigenvalue weighted by Gasteiger charge is -2.13. The Morgan fingerprint density at radius 1 is 1.53 bits per heavy atom. The van der Waals surface area contributed by atoms with Crippen molar-refractivity contribution in [2.45, 2.75) is 6.92 Å². The predicted octanol–water partition coefficient (Wildman–Crippen LogP) is 2.65. The number of rotatable bonds is 0. The van der Waals surface area contributed by atoms with Crippen molar-refractivity contribution in [3.8, 4) is 0 Å². The van der Waals surface area contributed by atoms with Crippen LogP contribution in [-0.2, 0) is 4.79 Å². The van der Waals surface area contributed by atoms with E-state index in [4.69, 9.17) is 11.6 Å². The molecule has 1 aliphatic heterocycles. The molecule has 1 aromatic rings. The molecule has 0 bridgehead atoms. The zero-order valence-corrected chi connectivity index (χ0v) is 10.2. The van der Waals surface area contributed by atoms with Crippen molar-refractivity contribution >= 4 is 44.9 Å². The van der Waals surface area contributed by atoms with E-state index in [1.165, 1.54) is 11.8 Å². The van der Waals surface area contributed by atoms with E-state index in [0.29, 0.717) is 20.7 Å². The van der Waals surface area contributed by atoms with Crippen LogP contribution >= 0.6 is 27.5 Å². The Labute approximate surface area is 100 Å². The number of nitrogens with zero attached hydrogens (tertiary/aromatic N) is 1. The molecule has 3 nitrogen and oxygen atoms in total. The number of benzene rings is 1. The molecule has 0 radical (unpaired) electrons. The zero-order chi connectivity index (χ0) is 11.2. The second kappa shape index (κ2) is 3.61. The van der Waals surface area contributed by atoms with Gasteiger partial charge in [0.25, 0.3) is 0 Å². The molecule has 15 heavy (non-hydrogen) atoms. The van der Waals surface area contributed by atoms with Crippen LogP contribution in [-0.4, -0.2) is 18.2 Å². The lowest BCUT2D eigenvalue weighted by molar-refractivity contribution is -0.116. The Morgan fingerprint density at radius 3 is 2.80 bits per heavy atom. The highest BCUT2D eigenvalue weighted by Crippen LogP contribution is 2.35. The first-order valence-electron chi connectivity index (χ1n) is 4.31. The Morgan fingerprint density at radius 2 is 2.20 bits per heavy atom. The molecule has 0 aromatic heterocycles. The minimum atomic E-state index is -0.152. The van der Waals surface area contributed by atoms with Gasteiger partial charge in [0.1, 0.15) is 0 Å². The van der Waals surface area contributed by atoms with Gasteiger partial charge in [-0.15, -0.1) is 0 Å². The SMILES string of the molecule is CC(=O)N1CC(=O)c2cc(Br)c(Cl)cc21. The van der Waals surface area contributed by atoms with E-state index < -0.39 is 0 Å². The van der Waals surface area contributed by atoms with E-state index in [1.54, 1.807) is 12.1 Å². The van der Waals surface area contributed by atoms with Gasteiger partial charge in [0, 0.05) is 17.0 Å². The summed E-state index contributed by atoms with van der Waals surface area (Å²) < 4.78 is 0.668. The van der Waals surface area contributed by atoms with Crippen molar-refractivity contribution in [1.29, 1.82) is 0 Å². The highest BCUT2D eigenvalue weighted by Gasteiger charge is 2.29. The number of amides is 1. The number of anilines is 1. The summed E-state index contributed by atoms with van der Waals surface area (Å²) in [5, 5.41) is 0.495. The van der Waals surface area contributed by atoms with Crippen molar-refractivity contribution in [1.82, 2.24) is 0 Å². The summed E-state index contributed by atoms with van der Waals surface area (Å²) in [5.41, 5.74) is 1.14. The number of fused-ring (bicyclic) bond motifs is 1. The molecule has 0 spiro atoms. The van der Waals surface area contributed by atoms with E-state index >= 15 is 0 Å². The third-order valence-corrected chi connectivity index (χ3v) is 3.51. The minimum Gasteiger partial charge on any atom is -0.304 e. The molecule has 1 aliphatic rings. The fourth-order valence-electron chi connectivity index (χ4n) is 1.58. The molecule has 5 heteroatoms. The molecule has 0 saturated heterocycles. The fraction of sp³-hybridized carbons (Fsp3) is 0.200. The Kier molecular flexibility index (Phi) is 2.56. The fourth-order valence-corrected chi connectivity index (χ4v) is 2.08. The van der Waals surface area contributed by atoms with Crippen LogP contribution in [0.25, 0.3) is 0 Å². The summed E-state index contributed by atoms with van der Waals surface area (Å²) in [7, 11) is 0. The second-order valence-electron chi connectivity index (χ2n) is 3.31. The summed E-state index contributed by atoms with van der Waals surface area (Å²) in [6, 6.07) is 3.29. The molecule has 1 aromatic carbocycles. The molecule has 2 rings (SSSR count). The van der Waals surface area contributed by atoms with E-state index in [2.05, 4.69) is 15.9 Å². The van der Waals surface area contributed by atoms with E-state index in [9.17, 15) is 9.59 Å². The maximum atomic E-state index is 11.6. The topological polar surface area (TPSA) is 37.4 Å². The molecule has 0 N–H and O–H groups in total. The van der Waals surface area contributed by atoms with Crippen LogP contribution in [0.3, 0.4) is 0 Å². The number of hydrogen-bond donors (Lipinski definition) is 0. The van der Waals surface area contributed by atoms with E-state index in [1.807, 2.05) is 0 Å². The summed E-state index contributed by atoms with van der Waals surface area (Å²) >= 11 is 9.16. The van der Waals surface area contributed by atoms with E-state index in [-0.39, 0.29) is 18.2 Å². The van der Waals surface area contributed by atoms with Gasteiger partial charge in [-0.05, 0) is 28.1 Å². The molecule has 0 atom stereocenters. The summed E-state index contributed by atoms with van der Waals surface area (Å²) in [5.74, 6) is -0.210. The minimum absolute atomic E-state index is 0.0578. The van der Waals surface area contributed by atoms with Gasteiger partial charge in [-0.1, -0.05) is 11.6 Å². The lowest BCUT2D eigenvalue weighted by Crippen LogP contribution is -2.27. The molecular weight excluding hydrogens is 281 g/mol. The van der Waals surface area contributed by atoms with Crippen LogP contribution in [0.15, 0.2) is 16.6 Å². The van der Waals surface area contributed by atoms with Gasteiger partial charge in [0.05, 0.1) is 17.3 Å². The maximum absolute atomic E-state index is 11.6. The van der Waals surface area contributed by atoms with Crippen LogP contribution in [0.1, 0.15) is 17.3 Å². The van der Waals surface area contributed by atoms with Crippen molar-refractivity contribution in [3.05, 3.63) is 27.2 Å². The standard InChI is InChI=1S/C10H7BrClNO2/c1-5(14)13-4-10(15)6-2-7(11)8(12)3-9(6)13/h2-3H,4H2,1H3. The van der Waals surface area contributed by atoms with Crippen molar-refractivity contribution in [2.75, 3.05) is 11.4 Å². The third-order valence-electron chi connectivity index (χ3n) is 2.31. The van der Waals surface area contributed by atoms with Gasteiger partial charge in [0.15, 0.2) is 5.78 Å². The van der Waals surface area contributed by atoms with Crippen molar-refractivity contribution < 1.29 is 9.59 Å². The number of Topliss-reactive ketones (excluding diaryl/α,β-unsaturated/α-hetero) is 1. The van der Waals surface area contributed by atoms with Crippen molar-refractivity contribution in [2.24, 2.45) is 0 Å². The molecule has 0 aliphatic carbocycles. The quantitative estimate of drug-likeness (QED) is 0.736. The first-order valence-corrected chi connectivity index (χ1v) is 5.48. The molecule has 1 heterocycles. The summed E-state index contributed by atoms with van der Waals surface area (Å²) in [4.78, 5) is 24.3. The van der Waals surface area contributed by atoms with Gasteiger partial charge < -0.3 is 4.90 Å². The molecule has 0 saturated carbocycles. The van der Waals surface area contributed by atoms with Crippen molar-refractivity contribution in [3.63, 3.8) is 0 Å². The van der Waals surface area contributed by atoms with Gasteiger partial charge >= 0.3 is 0 Å².